The molecule has 8 heteroatoms. The van der Waals surface area contributed by atoms with E-state index in [4.69, 9.17) is 11.6 Å². The topological polar surface area (TPSA) is 59.3 Å². The van der Waals surface area contributed by atoms with Gasteiger partial charge in [0.25, 0.3) is 0 Å². The zero-order valence-corrected chi connectivity index (χ0v) is 19.7. The molecule has 1 aliphatic heterocycles. The molecule has 3 aromatic rings. The van der Waals surface area contributed by atoms with Gasteiger partial charge in [0.15, 0.2) is 5.78 Å². The summed E-state index contributed by atoms with van der Waals surface area (Å²) in [6, 6.07) is 7.77. The summed E-state index contributed by atoms with van der Waals surface area (Å²) in [4.78, 5) is 25.4. The van der Waals surface area contributed by atoms with Gasteiger partial charge in [-0.2, -0.15) is 0 Å². The Bertz CT molecular complexity index is 1190. The summed E-state index contributed by atoms with van der Waals surface area (Å²) in [7, 11) is 0. The first-order valence-corrected chi connectivity index (χ1v) is 11.2. The highest BCUT2D eigenvalue weighted by atomic mass is 127. The fourth-order valence-electron chi connectivity index (χ4n) is 4.14. The van der Waals surface area contributed by atoms with Crippen molar-refractivity contribution in [3.63, 3.8) is 0 Å². The number of carboxylic acids is 1. The molecule has 1 aromatic heterocycles. The molecular formula is C21H15BrClFINO3. The van der Waals surface area contributed by atoms with E-state index in [1.165, 1.54) is 12.1 Å². The van der Waals surface area contributed by atoms with Crippen molar-refractivity contribution in [1.82, 2.24) is 4.57 Å². The molecule has 150 valence electrons. The van der Waals surface area contributed by atoms with E-state index in [0.29, 0.717) is 53.8 Å². The van der Waals surface area contributed by atoms with E-state index < -0.39 is 17.7 Å². The predicted octanol–water partition coefficient (Wildman–Crippen LogP) is 6.24. The van der Waals surface area contributed by atoms with Crippen molar-refractivity contribution in [3.05, 3.63) is 66.0 Å². The molecule has 0 saturated heterocycles. The fraction of sp³-hybridized carbons (Fsp3) is 0.238. The number of fused-ring (bicyclic) bond motifs is 3. The van der Waals surface area contributed by atoms with Crippen LogP contribution in [0.5, 0.6) is 0 Å². The number of halogens is 4. The van der Waals surface area contributed by atoms with Crippen LogP contribution in [-0.4, -0.2) is 21.4 Å². The minimum absolute atomic E-state index is 0.221. The van der Waals surface area contributed by atoms with Crippen molar-refractivity contribution >= 4 is 72.8 Å². The molecule has 0 bridgehead atoms. The highest BCUT2D eigenvalue weighted by molar-refractivity contribution is 14.1. The van der Waals surface area contributed by atoms with Crippen LogP contribution in [0.25, 0.3) is 10.9 Å². The van der Waals surface area contributed by atoms with Gasteiger partial charge in [-0.3, -0.25) is 9.59 Å². The smallest absolute Gasteiger partial charge is 0.306 e. The first-order chi connectivity index (χ1) is 13.7. The summed E-state index contributed by atoms with van der Waals surface area (Å²) in [5.41, 5.74) is 2.18. The van der Waals surface area contributed by atoms with Crippen LogP contribution in [0.3, 0.4) is 0 Å². The summed E-state index contributed by atoms with van der Waals surface area (Å²) in [5.74, 6) is -2.56. The van der Waals surface area contributed by atoms with Crippen LogP contribution in [0.1, 0.15) is 40.9 Å². The molecule has 2 heterocycles. The van der Waals surface area contributed by atoms with Gasteiger partial charge in [-0.15, -0.1) is 0 Å². The summed E-state index contributed by atoms with van der Waals surface area (Å²) in [6.45, 7) is 2.19. The van der Waals surface area contributed by atoms with Crippen LogP contribution in [0.2, 0.25) is 5.02 Å². The van der Waals surface area contributed by atoms with E-state index in [1.54, 1.807) is 25.1 Å². The zero-order chi connectivity index (χ0) is 21.0. The van der Waals surface area contributed by atoms with Crippen LogP contribution >= 0.6 is 50.1 Å². The number of nitrogens with zero attached hydrogens (tertiary/aromatic N) is 1. The maximum absolute atomic E-state index is 14.2. The van der Waals surface area contributed by atoms with E-state index in [9.17, 15) is 19.1 Å². The lowest BCUT2D eigenvalue weighted by molar-refractivity contribution is -0.141. The highest BCUT2D eigenvalue weighted by Crippen LogP contribution is 2.45. The first kappa shape index (κ1) is 20.8. The summed E-state index contributed by atoms with van der Waals surface area (Å²) in [5, 5.41) is 10.7. The van der Waals surface area contributed by atoms with Gasteiger partial charge < -0.3 is 9.67 Å². The van der Waals surface area contributed by atoms with Crippen molar-refractivity contribution in [1.29, 1.82) is 0 Å². The molecule has 1 aliphatic rings. The van der Waals surface area contributed by atoms with Gasteiger partial charge in [-0.05, 0) is 75.3 Å². The number of ketones is 1. The van der Waals surface area contributed by atoms with E-state index in [-0.39, 0.29) is 11.7 Å². The number of aromatic nitrogens is 1. The van der Waals surface area contributed by atoms with Crippen LogP contribution in [0.15, 0.2) is 34.8 Å². The number of rotatable bonds is 4. The molecule has 0 saturated carbocycles. The van der Waals surface area contributed by atoms with Gasteiger partial charge in [-0.1, -0.05) is 18.5 Å². The largest absolute Gasteiger partial charge is 0.481 e. The molecule has 2 aromatic carbocycles. The Morgan fingerprint density at radius 3 is 2.72 bits per heavy atom. The number of carboxylic acid groups (broad SMARTS) is 1. The van der Waals surface area contributed by atoms with Gasteiger partial charge in [0.2, 0.25) is 0 Å². The summed E-state index contributed by atoms with van der Waals surface area (Å²) >= 11 is 11.5. The van der Waals surface area contributed by atoms with Crippen molar-refractivity contribution < 1.29 is 19.1 Å². The molecule has 0 spiro atoms. The molecule has 4 nitrogen and oxygen atoms in total. The fourth-order valence-corrected chi connectivity index (χ4v) is 5.88. The average molecular weight is 591 g/mol. The van der Waals surface area contributed by atoms with Crippen molar-refractivity contribution in [2.45, 2.75) is 25.8 Å². The van der Waals surface area contributed by atoms with Crippen LogP contribution in [0, 0.1) is 15.3 Å². The monoisotopic (exact) mass is 589 g/mol. The molecule has 1 N–H and O–H groups in total. The zero-order valence-electron chi connectivity index (χ0n) is 15.2. The molecule has 0 fully saturated rings. The number of carbonyl (C=O) groups excluding carboxylic acids is 1. The lowest BCUT2D eigenvalue weighted by Gasteiger charge is -2.17. The molecule has 2 unspecified atom stereocenters. The molecule has 2 atom stereocenters. The Kier molecular flexibility index (Phi) is 5.50. The van der Waals surface area contributed by atoms with Gasteiger partial charge >= 0.3 is 5.97 Å². The Morgan fingerprint density at radius 1 is 1.34 bits per heavy atom. The van der Waals surface area contributed by atoms with Gasteiger partial charge in [-0.25, -0.2) is 4.39 Å². The number of hydrogen-bond donors (Lipinski definition) is 1. The van der Waals surface area contributed by atoms with E-state index in [0.717, 1.165) is 0 Å². The maximum atomic E-state index is 14.2. The van der Waals surface area contributed by atoms with E-state index in [1.807, 2.05) is 4.57 Å². The Morgan fingerprint density at radius 2 is 2.07 bits per heavy atom. The second-order valence-corrected chi connectivity index (χ2v) is 9.62. The second kappa shape index (κ2) is 7.67. The standard InChI is InChI=1S/C21H15BrClFINO3/c1-9(21(28)29)12-4-5-26-16-8-11(24)7-14(22)17(16)18(19(12)26)20(27)13-3-2-10(23)6-15(13)25/h2-3,6-9,12H,4-5H2,1H3,(H,28,29). The lowest BCUT2D eigenvalue weighted by atomic mass is 9.86. The highest BCUT2D eigenvalue weighted by Gasteiger charge is 2.38. The molecule has 0 radical (unpaired) electrons. The summed E-state index contributed by atoms with van der Waals surface area (Å²) < 4.78 is 17.2. The number of aryl methyl sites for hydroxylation is 1. The third-order valence-corrected chi connectivity index (χ3v) is 7.29. The molecular weight excluding hydrogens is 575 g/mol. The van der Waals surface area contributed by atoms with Crippen molar-refractivity contribution in [2.24, 2.45) is 5.92 Å². The lowest BCUT2D eigenvalue weighted by Crippen LogP contribution is -2.19. The quantitative estimate of drug-likeness (QED) is 0.289. The average Bonchev–Trinajstić information content (AvgIpc) is 3.19. The Hall–Kier alpha value is -1.45. The minimum atomic E-state index is -0.918. The first-order valence-electron chi connectivity index (χ1n) is 8.94. The van der Waals surface area contributed by atoms with E-state index in [2.05, 4.69) is 38.5 Å². The molecule has 29 heavy (non-hydrogen) atoms. The summed E-state index contributed by atoms with van der Waals surface area (Å²) in [6.07, 6.45) is 0.588. The van der Waals surface area contributed by atoms with Crippen LogP contribution < -0.4 is 0 Å². The van der Waals surface area contributed by atoms with Gasteiger partial charge in [0, 0.05) is 42.2 Å². The Balaban J connectivity index is 2.03. The van der Waals surface area contributed by atoms with Gasteiger partial charge in [0.1, 0.15) is 5.82 Å². The third-order valence-electron chi connectivity index (χ3n) is 5.53. The third kappa shape index (κ3) is 3.41. The normalized spacial score (nSPS) is 16.8. The minimum Gasteiger partial charge on any atom is -0.481 e. The van der Waals surface area contributed by atoms with Gasteiger partial charge in [0.05, 0.1) is 17.0 Å². The number of carbonyl (C=O) groups is 2. The number of aliphatic carboxylic acids is 1. The van der Waals surface area contributed by atoms with Crippen LogP contribution in [0.4, 0.5) is 4.39 Å². The molecule has 0 aliphatic carbocycles. The SMILES string of the molecule is CC(C(=O)O)C1CCn2c1c(C(=O)c1ccc(Cl)cc1I)c1c(Br)cc(F)cc12. The number of hydrogen-bond acceptors (Lipinski definition) is 2. The van der Waals surface area contributed by atoms with E-state index >= 15 is 0 Å². The molecule has 0 amide bonds. The molecule has 4 rings (SSSR count). The maximum Gasteiger partial charge on any atom is 0.306 e. The van der Waals surface area contributed by atoms with Crippen LogP contribution in [-0.2, 0) is 11.3 Å². The number of benzene rings is 2. The second-order valence-electron chi connectivity index (χ2n) is 7.17. The Labute approximate surface area is 193 Å². The van der Waals surface area contributed by atoms with Crippen molar-refractivity contribution in [2.75, 3.05) is 0 Å². The predicted molar refractivity (Wildman–Crippen MR) is 121 cm³/mol. The van der Waals surface area contributed by atoms with Crippen molar-refractivity contribution in [3.8, 4) is 0 Å².